The summed E-state index contributed by atoms with van der Waals surface area (Å²) in [6.45, 7) is 13.2. The van der Waals surface area contributed by atoms with E-state index in [2.05, 4.69) is 40.7 Å². The molecule has 4 aliphatic carbocycles. The Morgan fingerprint density at radius 3 is 2.53 bits per heavy atom. The summed E-state index contributed by atoms with van der Waals surface area (Å²) in [5.74, 6) is 1.17. The van der Waals surface area contributed by atoms with Gasteiger partial charge in [0.1, 0.15) is 5.78 Å². The minimum absolute atomic E-state index is 0.103. The van der Waals surface area contributed by atoms with Crippen molar-refractivity contribution in [3.63, 3.8) is 0 Å². The van der Waals surface area contributed by atoms with Crippen LogP contribution in [0.15, 0.2) is 34.4 Å². The van der Waals surface area contributed by atoms with E-state index in [1.54, 1.807) is 12.5 Å². The Bertz CT molecular complexity index is 966. The lowest BCUT2D eigenvalue weighted by molar-refractivity contribution is -0.142. The highest BCUT2D eigenvalue weighted by Gasteiger charge is 2.62. The van der Waals surface area contributed by atoms with Gasteiger partial charge in [0.05, 0.1) is 6.61 Å². The van der Waals surface area contributed by atoms with Gasteiger partial charge in [-0.05, 0) is 91.9 Å². The van der Waals surface area contributed by atoms with Gasteiger partial charge in [0.15, 0.2) is 0 Å². The molecule has 0 aliphatic heterocycles. The zero-order chi connectivity index (χ0) is 25.1. The van der Waals surface area contributed by atoms with Gasteiger partial charge < -0.3 is 10.2 Å². The number of ketones is 1. The van der Waals surface area contributed by atoms with E-state index in [0.29, 0.717) is 41.4 Å². The van der Waals surface area contributed by atoms with Crippen LogP contribution in [0.1, 0.15) is 92.9 Å². The highest BCUT2D eigenvalue weighted by Crippen LogP contribution is 2.69. The fraction of sp³-hybridized carbons (Fsp3) is 0.733. The van der Waals surface area contributed by atoms with Gasteiger partial charge in [-0.1, -0.05) is 57.9 Å². The number of rotatable bonds is 6. The number of aliphatic hydroxyl groups excluding tert-OH is 1. The molecule has 4 aliphatic rings. The lowest BCUT2D eigenvalue weighted by Crippen LogP contribution is -2.52. The van der Waals surface area contributed by atoms with Crippen LogP contribution in [0, 0.1) is 39.9 Å². The molecule has 34 heavy (non-hydrogen) atoms. The summed E-state index contributed by atoms with van der Waals surface area (Å²) in [5.41, 5.74) is 4.66. The first-order chi connectivity index (χ1) is 15.9. The number of carboxylic acid groups (broad SMARTS) is 1. The molecule has 0 heterocycles. The molecule has 2 N–H and O–H groups in total. The van der Waals surface area contributed by atoms with E-state index < -0.39 is 5.97 Å². The molecule has 0 aromatic carbocycles. The van der Waals surface area contributed by atoms with Gasteiger partial charge in [0.2, 0.25) is 0 Å². The average Bonchev–Trinajstić information content (AvgIpc) is 3.09. The smallest absolute Gasteiger partial charge is 0.330 e. The highest BCUT2D eigenvalue weighted by molar-refractivity contribution is 5.86. The third-order valence-corrected chi connectivity index (χ3v) is 10.8. The fourth-order valence-electron chi connectivity index (χ4n) is 8.56. The zero-order valence-electron chi connectivity index (χ0n) is 22.0. The topological polar surface area (TPSA) is 74.6 Å². The number of carbonyl (C=O) groups is 2. The molecule has 4 rings (SSSR count). The number of Topliss-reactive ketones (excluding diaryl/α,β-unsaturated/α-hetero) is 1. The van der Waals surface area contributed by atoms with Gasteiger partial charge in [-0.3, -0.25) is 4.79 Å². The quantitative estimate of drug-likeness (QED) is 0.345. The molecule has 0 aromatic rings. The number of carbonyl (C=O) groups excluding carboxylic acids is 1. The lowest BCUT2D eigenvalue weighted by atomic mass is 9.48. The fourth-order valence-corrected chi connectivity index (χ4v) is 8.56. The van der Waals surface area contributed by atoms with Crippen LogP contribution in [-0.2, 0) is 9.59 Å². The van der Waals surface area contributed by atoms with Crippen LogP contribution in [0.5, 0.6) is 0 Å². The molecule has 4 heteroatoms. The van der Waals surface area contributed by atoms with Gasteiger partial charge in [-0.15, -0.1) is 0 Å². The molecule has 1 unspecified atom stereocenters. The first-order valence-corrected chi connectivity index (χ1v) is 13.3. The number of carboxylic acids is 1. The maximum Gasteiger partial charge on any atom is 0.330 e. The van der Waals surface area contributed by atoms with Crippen molar-refractivity contribution in [1.82, 2.24) is 0 Å². The Labute approximate surface area is 205 Å². The van der Waals surface area contributed by atoms with Crippen LogP contribution in [-0.4, -0.2) is 28.6 Å². The average molecular weight is 469 g/mol. The molecule has 4 nitrogen and oxygen atoms in total. The Hall–Kier alpha value is -1.68. The molecule has 2 saturated carbocycles. The van der Waals surface area contributed by atoms with Crippen LogP contribution in [0.2, 0.25) is 0 Å². The number of hydrogen-bond acceptors (Lipinski definition) is 3. The molecule has 2 fully saturated rings. The summed E-state index contributed by atoms with van der Waals surface area (Å²) >= 11 is 0. The second-order valence-electron chi connectivity index (χ2n) is 12.7. The van der Waals surface area contributed by atoms with Gasteiger partial charge >= 0.3 is 5.97 Å². The molecule has 0 spiro atoms. The second kappa shape index (κ2) is 8.76. The molecule has 0 bridgehead atoms. The third-order valence-electron chi connectivity index (χ3n) is 10.8. The number of allylic oxidation sites excluding steroid dienone is 4. The van der Waals surface area contributed by atoms with Crippen molar-refractivity contribution in [1.29, 1.82) is 0 Å². The molecule has 0 amide bonds. The van der Waals surface area contributed by atoms with Crippen LogP contribution < -0.4 is 0 Å². The van der Waals surface area contributed by atoms with Gasteiger partial charge in [0, 0.05) is 17.4 Å². The van der Waals surface area contributed by atoms with Gasteiger partial charge in [0.25, 0.3) is 0 Å². The maximum absolute atomic E-state index is 12.8. The SMILES string of the molecule is C/C(=C/CC[C@@H](C)C1=C(CO)C2C[C@H]3C(=CC[C@H]4C(C)(C)C(=O)CC[C@]34C)[C@]2(C)CC1)C(=O)O. The Morgan fingerprint density at radius 1 is 1.18 bits per heavy atom. The first kappa shape index (κ1) is 25.4. The standard InChI is InChI=1S/C30H44O4/c1-18(8-7-9-19(2)27(33)34)20-12-14-29(5)22-10-11-25-28(3,4)26(32)13-15-30(25,6)24(22)16-23(29)21(20)17-31/h9-10,18,23-25,31H,7-8,11-17H2,1-6H3,(H,33,34)/b19-9-/t18-,23?,24+,25+,29+,30-/m1/s1. The zero-order valence-corrected chi connectivity index (χ0v) is 22.0. The third kappa shape index (κ3) is 3.75. The Balaban J connectivity index is 1.63. The summed E-state index contributed by atoms with van der Waals surface area (Å²) in [5, 5.41) is 19.7. The number of aliphatic carboxylic acids is 1. The summed E-state index contributed by atoms with van der Waals surface area (Å²) < 4.78 is 0. The van der Waals surface area contributed by atoms with E-state index >= 15 is 0 Å². The van der Waals surface area contributed by atoms with E-state index in [1.807, 2.05) is 6.08 Å². The predicted molar refractivity (Wildman–Crippen MR) is 135 cm³/mol. The summed E-state index contributed by atoms with van der Waals surface area (Å²) in [6, 6.07) is 0. The monoisotopic (exact) mass is 468 g/mol. The molecule has 0 saturated heterocycles. The van der Waals surface area contributed by atoms with Crippen LogP contribution in [0.4, 0.5) is 0 Å². The van der Waals surface area contributed by atoms with E-state index in [-0.39, 0.29) is 22.9 Å². The van der Waals surface area contributed by atoms with E-state index in [1.165, 1.54) is 11.1 Å². The van der Waals surface area contributed by atoms with Crippen LogP contribution in [0.3, 0.4) is 0 Å². The normalized spacial score (nSPS) is 38.1. The van der Waals surface area contributed by atoms with E-state index in [0.717, 1.165) is 44.9 Å². The molecular weight excluding hydrogens is 424 g/mol. The summed E-state index contributed by atoms with van der Waals surface area (Å²) in [6.07, 6.45) is 11.9. The molecular formula is C30H44O4. The minimum atomic E-state index is -0.849. The van der Waals surface area contributed by atoms with Gasteiger partial charge in [-0.2, -0.15) is 0 Å². The number of aliphatic hydroxyl groups is 1. The predicted octanol–water partition coefficient (Wildman–Crippen LogP) is 6.50. The van der Waals surface area contributed by atoms with Crippen molar-refractivity contribution in [3.8, 4) is 0 Å². The largest absolute Gasteiger partial charge is 0.478 e. The Morgan fingerprint density at radius 2 is 1.88 bits per heavy atom. The lowest BCUT2D eigenvalue weighted by Gasteiger charge is -2.56. The van der Waals surface area contributed by atoms with E-state index in [4.69, 9.17) is 5.11 Å². The van der Waals surface area contributed by atoms with Crippen LogP contribution >= 0.6 is 0 Å². The van der Waals surface area contributed by atoms with Crippen molar-refractivity contribution in [2.45, 2.75) is 92.9 Å². The number of hydrogen-bond donors (Lipinski definition) is 2. The van der Waals surface area contributed by atoms with E-state index in [9.17, 15) is 14.7 Å². The molecule has 6 atom stereocenters. The van der Waals surface area contributed by atoms with Gasteiger partial charge in [-0.25, -0.2) is 4.79 Å². The van der Waals surface area contributed by atoms with Crippen molar-refractivity contribution in [2.75, 3.05) is 6.61 Å². The van der Waals surface area contributed by atoms with Crippen molar-refractivity contribution in [3.05, 3.63) is 34.4 Å². The van der Waals surface area contributed by atoms with Crippen molar-refractivity contribution < 1.29 is 19.8 Å². The van der Waals surface area contributed by atoms with Crippen molar-refractivity contribution >= 4 is 11.8 Å². The number of fused-ring (bicyclic) bond motifs is 5. The minimum Gasteiger partial charge on any atom is -0.478 e. The summed E-state index contributed by atoms with van der Waals surface area (Å²) in [4.78, 5) is 23.9. The van der Waals surface area contributed by atoms with Crippen LogP contribution in [0.25, 0.3) is 0 Å². The van der Waals surface area contributed by atoms with Crippen molar-refractivity contribution in [2.24, 2.45) is 39.9 Å². The maximum atomic E-state index is 12.8. The summed E-state index contributed by atoms with van der Waals surface area (Å²) in [7, 11) is 0. The molecule has 0 radical (unpaired) electrons. The molecule has 0 aromatic heterocycles. The first-order valence-electron chi connectivity index (χ1n) is 13.3. The second-order valence-corrected chi connectivity index (χ2v) is 12.7. The highest BCUT2D eigenvalue weighted by atomic mass is 16.4. The Kier molecular flexibility index (Phi) is 6.55. The molecule has 188 valence electrons.